The fourth-order valence-electron chi connectivity index (χ4n) is 2.43. The van der Waals surface area contributed by atoms with Gasteiger partial charge in [-0.05, 0) is 24.9 Å². The molecule has 1 aromatic heterocycles. The molecule has 0 radical (unpaired) electrons. The first-order chi connectivity index (χ1) is 10.1. The standard InChI is InChI=1S/C14H20ClN3O3/c1-21-5-4-18-3-2-10(9-18)7-16-13(19)11-6-12(15)14(20)17-8-11/h6,8,10H,2-5,7,9H2,1H3,(H,16,19)(H,17,20). The number of rotatable bonds is 6. The van der Waals surface area contributed by atoms with Gasteiger partial charge in [0, 0.05) is 32.9 Å². The summed E-state index contributed by atoms with van der Waals surface area (Å²) in [6.07, 6.45) is 2.44. The summed E-state index contributed by atoms with van der Waals surface area (Å²) in [6, 6.07) is 1.38. The Morgan fingerprint density at radius 1 is 1.62 bits per heavy atom. The SMILES string of the molecule is COCCN1CCC(CNC(=O)c2c[nH]c(=O)c(Cl)c2)C1. The Morgan fingerprint density at radius 2 is 2.43 bits per heavy atom. The number of methoxy groups -OCH3 is 1. The van der Waals surface area contributed by atoms with Crippen molar-refractivity contribution in [2.24, 2.45) is 5.92 Å². The van der Waals surface area contributed by atoms with Crippen LogP contribution in [0, 0.1) is 5.92 Å². The van der Waals surface area contributed by atoms with E-state index in [9.17, 15) is 9.59 Å². The highest BCUT2D eigenvalue weighted by Crippen LogP contribution is 2.15. The zero-order valence-corrected chi connectivity index (χ0v) is 12.8. The predicted molar refractivity (Wildman–Crippen MR) is 80.8 cm³/mol. The highest BCUT2D eigenvalue weighted by molar-refractivity contribution is 6.30. The minimum absolute atomic E-state index is 0.0225. The van der Waals surface area contributed by atoms with Crippen LogP contribution in [0.3, 0.4) is 0 Å². The van der Waals surface area contributed by atoms with Gasteiger partial charge in [-0.3, -0.25) is 9.59 Å². The number of nitrogens with zero attached hydrogens (tertiary/aromatic N) is 1. The summed E-state index contributed by atoms with van der Waals surface area (Å²) in [5, 5.41) is 2.91. The predicted octanol–water partition coefficient (Wildman–Crippen LogP) is 0.726. The first-order valence-corrected chi connectivity index (χ1v) is 7.35. The van der Waals surface area contributed by atoms with E-state index in [2.05, 4.69) is 15.2 Å². The lowest BCUT2D eigenvalue weighted by atomic mass is 10.1. The van der Waals surface area contributed by atoms with Gasteiger partial charge in [-0.2, -0.15) is 0 Å². The van der Waals surface area contributed by atoms with E-state index in [1.807, 2.05) is 0 Å². The van der Waals surface area contributed by atoms with E-state index in [-0.39, 0.29) is 10.9 Å². The van der Waals surface area contributed by atoms with Crippen LogP contribution in [0.15, 0.2) is 17.1 Å². The van der Waals surface area contributed by atoms with Gasteiger partial charge in [0.05, 0.1) is 12.2 Å². The molecule has 1 aliphatic rings. The summed E-state index contributed by atoms with van der Waals surface area (Å²) >= 11 is 5.71. The lowest BCUT2D eigenvalue weighted by Gasteiger charge is -2.15. The molecule has 7 heteroatoms. The second kappa shape index (κ2) is 7.59. The average molecular weight is 314 g/mol. The number of pyridine rings is 1. The summed E-state index contributed by atoms with van der Waals surface area (Å²) in [5.41, 5.74) is -0.0216. The largest absolute Gasteiger partial charge is 0.383 e. The van der Waals surface area contributed by atoms with Crippen molar-refractivity contribution in [3.05, 3.63) is 33.2 Å². The highest BCUT2D eigenvalue weighted by atomic mass is 35.5. The Bertz CT molecular complexity index is 547. The van der Waals surface area contributed by atoms with Crippen molar-refractivity contribution >= 4 is 17.5 Å². The van der Waals surface area contributed by atoms with Gasteiger partial charge >= 0.3 is 0 Å². The van der Waals surface area contributed by atoms with E-state index in [1.54, 1.807) is 7.11 Å². The molecular weight excluding hydrogens is 294 g/mol. The van der Waals surface area contributed by atoms with Crippen molar-refractivity contribution < 1.29 is 9.53 Å². The average Bonchev–Trinajstić information content (AvgIpc) is 2.93. The normalized spacial score (nSPS) is 18.9. The Labute approximate surface area is 128 Å². The first kappa shape index (κ1) is 16.0. The number of halogens is 1. The van der Waals surface area contributed by atoms with Crippen molar-refractivity contribution in [2.45, 2.75) is 6.42 Å². The number of H-pyrrole nitrogens is 1. The van der Waals surface area contributed by atoms with E-state index < -0.39 is 5.56 Å². The van der Waals surface area contributed by atoms with Crippen LogP contribution in [0.2, 0.25) is 5.02 Å². The number of carbonyl (C=O) groups is 1. The molecule has 1 fully saturated rings. The molecule has 0 aromatic carbocycles. The molecule has 2 N–H and O–H groups in total. The molecule has 1 aliphatic heterocycles. The number of ether oxygens (including phenoxy) is 1. The zero-order valence-electron chi connectivity index (χ0n) is 12.0. The van der Waals surface area contributed by atoms with Crippen LogP contribution in [0.4, 0.5) is 0 Å². The third kappa shape index (κ3) is 4.56. The van der Waals surface area contributed by atoms with Crippen LogP contribution in [-0.4, -0.2) is 55.7 Å². The van der Waals surface area contributed by atoms with Crippen molar-refractivity contribution in [3.63, 3.8) is 0 Å². The van der Waals surface area contributed by atoms with E-state index in [4.69, 9.17) is 16.3 Å². The third-order valence-corrected chi connectivity index (χ3v) is 3.93. The highest BCUT2D eigenvalue weighted by Gasteiger charge is 2.22. The molecule has 1 amide bonds. The Kier molecular flexibility index (Phi) is 5.78. The van der Waals surface area contributed by atoms with Gasteiger partial charge in [-0.25, -0.2) is 0 Å². The van der Waals surface area contributed by atoms with Crippen LogP contribution in [-0.2, 0) is 4.74 Å². The Hall–Kier alpha value is -1.37. The Balaban J connectivity index is 1.79. The maximum Gasteiger partial charge on any atom is 0.266 e. The van der Waals surface area contributed by atoms with E-state index in [1.165, 1.54) is 12.3 Å². The monoisotopic (exact) mass is 313 g/mol. The third-order valence-electron chi connectivity index (χ3n) is 3.65. The van der Waals surface area contributed by atoms with E-state index >= 15 is 0 Å². The molecule has 21 heavy (non-hydrogen) atoms. The molecule has 0 saturated carbocycles. The van der Waals surface area contributed by atoms with Gasteiger partial charge in [0.25, 0.3) is 11.5 Å². The van der Waals surface area contributed by atoms with Crippen LogP contribution in [0.5, 0.6) is 0 Å². The summed E-state index contributed by atoms with van der Waals surface area (Å²) in [7, 11) is 1.70. The fourth-order valence-corrected chi connectivity index (χ4v) is 2.60. The molecule has 1 aromatic rings. The van der Waals surface area contributed by atoms with Crippen LogP contribution < -0.4 is 10.9 Å². The minimum atomic E-state index is -0.391. The summed E-state index contributed by atoms with van der Waals surface area (Å²) in [5.74, 6) is 0.229. The zero-order chi connectivity index (χ0) is 15.2. The van der Waals surface area contributed by atoms with Gasteiger partial charge in [-0.15, -0.1) is 0 Å². The van der Waals surface area contributed by atoms with Crippen LogP contribution >= 0.6 is 11.6 Å². The second-order valence-electron chi connectivity index (χ2n) is 5.22. The molecule has 0 aliphatic carbocycles. The molecule has 6 nitrogen and oxygen atoms in total. The Morgan fingerprint density at radius 3 is 3.14 bits per heavy atom. The number of aromatic amines is 1. The molecule has 0 bridgehead atoms. The molecule has 2 rings (SSSR count). The summed E-state index contributed by atoms with van der Waals surface area (Å²) in [4.78, 5) is 27.9. The van der Waals surface area contributed by atoms with Gasteiger partial charge in [0.2, 0.25) is 0 Å². The lowest BCUT2D eigenvalue weighted by molar-refractivity contribution is 0.0946. The molecular formula is C14H20ClN3O3. The number of nitrogens with one attached hydrogen (secondary N) is 2. The molecule has 116 valence electrons. The van der Waals surface area contributed by atoms with E-state index in [0.29, 0.717) is 18.0 Å². The number of hydrogen-bond acceptors (Lipinski definition) is 4. The number of aromatic nitrogens is 1. The smallest absolute Gasteiger partial charge is 0.266 e. The minimum Gasteiger partial charge on any atom is -0.383 e. The first-order valence-electron chi connectivity index (χ1n) is 6.98. The topological polar surface area (TPSA) is 74.4 Å². The number of carbonyl (C=O) groups excluding carboxylic acids is 1. The van der Waals surface area contributed by atoms with Gasteiger partial charge < -0.3 is 19.9 Å². The van der Waals surface area contributed by atoms with Crippen molar-refractivity contribution in [1.29, 1.82) is 0 Å². The van der Waals surface area contributed by atoms with E-state index in [0.717, 1.165) is 32.7 Å². The van der Waals surface area contributed by atoms with Crippen molar-refractivity contribution in [2.75, 3.05) is 39.9 Å². The molecule has 0 spiro atoms. The van der Waals surface area contributed by atoms with Gasteiger partial charge in [0.15, 0.2) is 0 Å². The number of likely N-dealkylation sites (tertiary alicyclic amines) is 1. The number of hydrogen-bond donors (Lipinski definition) is 2. The summed E-state index contributed by atoms with van der Waals surface area (Å²) < 4.78 is 5.06. The van der Waals surface area contributed by atoms with Gasteiger partial charge in [-0.1, -0.05) is 11.6 Å². The van der Waals surface area contributed by atoms with Crippen LogP contribution in [0.25, 0.3) is 0 Å². The maximum atomic E-state index is 12.0. The summed E-state index contributed by atoms with van der Waals surface area (Å²) in [6.45, 7) is 4.29. The molecule has 1 unspecified atom stereocenters. The number of amides is 1. The van der Waals surface area contributed by atoms with Crippen molar-refractivity contribution in [1.82, 2.24) is 15.2 Å². The molecule has 1 atom stereocenters. The maximum absolute atomic E-state index is 12.0. The van der Waals surface area contributed by atoms with Gasteiger partial charge in [0.1, 0.15) is 5.02 Å². The lowest BCUT2D eigenvalue weighted by Crippen LogP contribution is -2.32. The van der Waals surface area contributed by atoms with Crippen LogP contribution in [0.1, 0.15) is 16.8 Å². The molecule has 2 heterocycles. The fraction of sp³-hybridized carbons (Fsp3) is 0.571. The second-order valence-corrected chi connectivity index (χ2v) is 5.63. The quantitative estimate of drug-likeness (QED) is 0.812. The molecule has 1 saturated heterocycles. The van der Waals surface area contributed by atoms with Crippen molar-refractivity contribution in [3.8, 4) is 0 Å².